The summed E-state index contributed by atoms with van der Waals surface area (Å²) in [5.41, 5.74) is 1.39. The molecule has 0 unspecified atom stereocenters. The summed E-state index contributed by atoms with van der Waals surface area (Å²) in [5, 5.41) is 3.56. The van der Waals surface area contributed by atoms with Crippen LogP contribution in [0.1, 0.15) is 24.0 Å². The number of rotatable bonds is 1. The molecule has 0 radical (unpaired) electrons. The Morgan fingerprint density at radius 2 is 1.85 bits per heavy atom. The lowest BCUT2D eigenvalue weighted by Crippen LogP contribution is -2.54. The molecule has 0 bridgehead atoms. The molecule has 3 saturated heterocycles. The van der Waals surface area contributed by atoms with E-state index in [0.29, 0.717) is 47.7 Å². The highest BCUT2D eigenvalue weighted by atomic mass is 35.5. The second kappa shape index (κ2) is 6.73. The zero-order valence-electron chi connectivity index (χ0n) is 18.5. The lowest BCUT2D eigenvalue weighted by Gasteiger charge is -2.36. The van der Waals surface area contributed by atoms with Gasteiger partial charge < -0.3 is 14.8 Å². The number of fused-ring (bicyclic) bond motifs is 8. The fourth-order valence-corrected chi connectivity index (χ4v) is 6.97. The molecule has 9 heteroatoms. The van der Waals surface area contributed by atoms with Gasteiger partial charge in [0.05, 0.1) is 23.2 Å². The molecule has 4 atom stereocenters. The van der Waals surface area contributed by atoms with Crippen LogP contribution in [0.4, 0.5) is 11.4 Å². The summed E-state index contributed by atoms with van der Waals surface area (Å²) in [5.74, 6) is -1.16. The summed E-state index contributed by atoms with van der Waals surface area (Å²) in [7, 11) is 0. The van der Waals surface area contributed by atoms with E-state index >= 15 is 0 Å². The van der Waals surface area contributed by atoms with E-state index in [2.05, 4.69) is 10.2 Å². The van der Waals surface area contributed by atoms with Crippen LogP contribution in [0.2, 0.25) is 5.02 Å². The minimum atomic E-state index is -1.22. The third-order valence-electron chi connectivity index (χ3n) is 8.15. The first kappa shape index (κ1) is 20.3. The van der Waals surface area contributed by atoms with Crippen molar-refractivity contribution in [3.8, 4) is 11.5 Å². The topological polar surface area (TPSA) is 88.2 Å². The van der Waals surface area contributed by atoms with Crippen molar-refractivity contribution >= 4 is 40.7 Å². The summed E-state index contributed by atoms with van der Waals surface area (Å²) < 4.78 is 11.3. The SMILES string of the molecule is Cc1c(Cl)ccc2c1NC(=O)[C@]21[C@@H]2C(=O)N(c3ccc4c(c3)OCCO4)C(=O)[C@@H]2[C@@H]2CCCN21. The highest BCUT2D eigenvalue weighted by Crippen LogP contribution is 2.61. The molecule has 3 fully saturated rings. The zero-order valence-corrected chi connectivity index (χ0v) is 19.2. The first-order valence-electron chi connectivity index (χ1n) is 11.6. The van der Waals surface area contributed by atoms with E-state index in [1.807, 2.05) is 13.0 Å². The molecule has 5 heterocycles. The molecule has 7 rings (SSSR count). The first-order valence-corrected chi connectivity index (χ1v) is 12.0. The number of halogens is 1. The minimum absolute atomic E-state index is 0.170. The van der Waals surface area contributed by atoms with Crippen molar-refractivity contribution < 1.29 is 23.9 Å². The van der Waals surface area contributed by atoms with E-state index in [-0.39, 0.29) is 23.8 Å². The molecule has 1 spiro atoms. The van der Waals surface area contributed by atoms with Crippen molar-refractivity contribution in [1.82, 2.24) is 4.90 Å². The summed E-state index contributed by atoms with van der Waals surface area (Å²) in [6.45, 7) is 3.38. The minimum Gasteiger partial charge on any atom is -0.486 e. The number of nitrogens with zero attached hydrogens (tertiary/aromatic N) is 2. The number of benzene rings is 2. The summed E-state index contributed by atoms with van der Waals surface area (Å²) >= 11 is 6.35. The van der Waals surface area contributed by atoms with Crippen molar-refractivity contribution in [3.63, 3.8) is 0 Å². The molecule has 8 nitrogen and oxygen atoms in total. The van der Waals surface area contributed by atoms with E-state index < -0.39 is 17.4 Å². The van der Waals surface area contributed by atoms with Gasteiger partial charge in [-0.05, 0) is 50.1 Å². The van der Waals surface area contributed by atoms with Crippen LogP contribution in [0, 0.1) is 18.8 Å². The van der Waals surface area contributed by atoms with Crippen LogP contribution in [-0.2, 0) is 19.9 Å². The van der Waals surface area contributed by atoms with Gasteiger partial charge in [0, 0.05) is 22.7 Å². The van der Waals surface area contributed by atoms with Crippen LogP contribution in [0.5, 0.6) is 11.5 Å². The summed E-state index contributed by atoms with van der Waals surface area (Å²) in [6.07, 6.45) is 1.64. The van der Waals surface area contributed by atoms with Gasteiger partial charge in [0.2, 0.25) is 17.7 Å². The monoisotopic (exact) mass is 479 g/mol. The van der Waals surface area contributed by atoms with Gasteiger partial charge in [-0.15, -0.1) is 0 Å². The maximum absolute atomic E-state index is 14.1. The van der Waals surface area contributed by atoms with E-state index in [4.69, 9.17) is 21.1 Å². The van der Waals surface area contributed by atoms with E-state index in [9.17, 15) is 14.4 Å². The number of ether oxygens (including phenoxy) is 2. The molecule has 0 aliphatic carbocycles. The quantitative estimate of drug-likeness (QED) is 0.633. The van der Waals surface area contributed by atoms with Crippen molar-refractivity contribution in [2.45, 2.75) is 31.3 Å². The molecule has 34 heavy (non-hydrogen) atoms. The van der Waals surface area contributed by atoms with Crippen molar-refractivity contribution in [3.05, 3.63) is 46.5 Å². The Morgan fingerprint density at radius 1 is 1.06 bits per heavy atom. The maximum atomic E-state index is 14.1. The number of amides is 3. The molecule has 174 valence electrons. The number of hydrogen-bond acceptors (Lipinski definition) is 6. The van der Waals surface area contributed by atoms with Crippen LogP contribution < -0.4 is 19.7 Å². The van der Waals surface area contributed by atoms with Gasteiger partial charge in [0.1, 0.15) is 18.8 Å². The smallest absolute Gasteiger partial charge is 0.250 e. The standard InChI is InChI=1S/C25H22ClN3O5/c1-12-15(26)6-5-14-21(12)27-24(32)25(14)20-19(16-3-2-8-28(16)25)22(30)29(23(20)31)13-4-7-17-18(11-13)34-10-9-33-17/h4-7,11,16,19-20H,2-3,8-10H2,1H3,(H,27,32)/t16-,19+,20-,25+/m0/s1. The van der Waals surface area contributed by atoms with Gasteiger partial charge >= 0.3 is 0 Å². The van der Waals surface area contributed by atoms with Crippen LogP contribution in [0.3, 0.4) is 0 Å². The number of anilines is 2. The maximum Gasteiger partial charge on any atom is 0.250 e. The van der Waals surface area contributed by atoms with Gasteiger partial charge in [-0.3, -0.25) is 19.3 Å². The average Bonchev–Trinajstić information content (AvgIpc) is 3.55. The molecule has 0 saturated carbocycles. The van der Waals surface area contributed by atoms with Crippen LogP contribution in [-0.4, -0.2) is 48.4 Å². The lowest BCUT2D eigenvalue weighted by molar-refractivity contribution is -0.135. The zero-order chi connectivity index (χ0) is 23.4. The molecule has 5 aliphatic rings. The Morgan fingerprint density at radius 3 is 2.68 bits per heavy atom. The number of carbonyl (C=O) groups is 3. The first-order chi connectivity index (χ1) is 16.4. The summed E-state index contributed by atoms with van der Waals surface area (Å²) in [6, 6.07) is 8.55. The highest BCUT2D eigenvalue weighted by molar-refractivity contribution is 6.32. The molecule has 2 aromatic rings. The van der Waals surface area contributed by atoms with E-state index in [1.54, 1.807) is 24.3 Å². The van der Waals surface area contributed by atoms with Crippen LogP contribution in [0.25, 0.3) is 0 Å². The molecule has 2 aromatic carbocycles. The number of imide groups is 1. The van der Waals surface area contributed by atoms with Crippen molar-refractivity contribution in [2.24, 2.45) is 11.8 Å². The largest absolute Gasteiger partial charge is 0.486 e. The van der Waals surface area contributed by atoms with Gasteiger partial charge in [-0.25, -0.2) is 4.90 Å². The number of hydrogen-bond donors (Lipinski definition) is 1. The number of nitrogens with one attached hydrogen (secondary N) is 1. The molecule has 0 aromatic heterocycles. The van der Waals surface area contributed by atoms with Gasteiger partial charge in [0.25, 0.3) is 0 Å². The second-order valence-corrected chi connectivity index (χ2v) is 9.97. The predicted octanol–water partition coefficient (Wildman–Crippen LogP) is 2.85. The molecular weight excluding hydrogens is 458 g/mol. The van der Waals surface area contributed by atoms with Crippen molar-refractivity contribution in [1.29, 1.82) is 0 Å². The molecule has 3 amide bonds. The molecule has 1 N–H and O–H groups in total. The van der Waals surface area contributed by atoms with E-state index in [1.165, 1.54) is 4.90 Å². The van der Waals surface area contributed by atoms with Gasteiger partial charge in [-0.2, -0.15) is 0 Å². The molecular formula is C25H22ClN3O5. The third-order valence-corrected chi connectivity index (χ3v) is 8.56. The van der Waals surface area contributed by atoms with E-state index in [0.717, 1.165) is 24.0 Å². The van der Waals surface area contributed by atoms with Crippen LogP contribution in [0.15, 0.2) is 30.3 Å². The predicted molar refractivity (Wildman–Crippen MR) is 123 cm³/mol. The second-order valence-electron chi connectivity index (χ2n) is 9.56. The Labute approximate surface area is 200 Å². The Hall–Kier alpha value is -3.10. The Balaban J connectivity index is 1.39. The van der Waals surface area contributed by atoms with Crippen molar-refractivity contribution in [2.75, 3.05) is 30.0 Å². The highest BCUT2D eigenvalue weighted by Gasteiger charge is 2.74. The number of carbonyl (C=O) groups excluding carboxylic acids is 3. The Bertz CT molecular complexity index is 1310. The third kappa shape index (κ3) is 2.25. The van der Waals surface area contributed by atoms with Gasteiger partial charge in [-0.1, -0.05) is 17.7 Å². The van der Waals surface area contributed by atoms with Gasteiger partial charge in [0.15, 0.2) is 11.5 Å². The fraction of sp³-hybridized carbons (Fsp3) is 0.400. The average molecular weight is 480 g/mol. The van der Waals surface area contributed by atoms with Crippen LogP contribution >= 0.6 is 11.6 Å². The summed E-state index contributed by atoms with van der Waals surface area (Å²) in [4.78, 5) is 45.0. The normalized spacial score (nSPS) is 31.2. The molecule has 5 aliphatic heterocycles. The fourth-order valence-electron chi connectivity index (χ4n) is 6.82. The Kier molecular flexibility index (Phi) is 4.02. The lowest BCUT2D eigenvalue weighted by atomic mass is 9.75.